The third-order valence-electron chi connectivity index (χ3n) is 4.53. The van der Waals surface area contributed by atoms with Crippen molar-refractivity contribution in [2.24, 2.45) is 4.99 Å². The van der Waals surface area contributed by atoms with E-state index in [1.54, 1.807) is 6.33 Å². The van der Waals surface area contributed by atoms with Gasteiger partial charge >= 0.3 is 0 Å². The Morgan fingerprint density at radius 1 is 1.25 bits per heavy atom. The predicted octanol–water partition coefficient (Wildman–Crippen LogP) is 0.815. The van der Waals surface area contributed by atoms with Crippen LogP contribution < -0.4 is 15.4 Å². The van der Waals surface area contributed by atoms with Crippen LogP contribution in [0, 0.1) is 0 Å². The summed E-state index contributed by atoms with van der Waals surface area (Å²) in [4.78, 5) is 4.48. The summed E-state index contributed by atoms with van der Waals surface area (Å²) in [6, 6.07) is 0. The molecule has 0 aliphatic heterocycles. The average Bonchev–Trinajstić information content (AvgIpc) is 3.12. The fourth-order valence-electron chi connectivity index (χ4n) is 3.08. The Balaban J connectivity index is 1.82. The van der Waals surface area contributed by atoms with Crippen LogP contribution >= 0.6 is 0 Å². The van der Waals surface area contributed by atoms with Gasteiger partial charge in [-0.1, -0.05) is 18.6 Å². The normalized spacial score (nSPS) is 15.4. The first-order chi connectivity index (χ1) is 13.5. The molecule has 0 spiro atoms. The van der Waals surface area contributed by atoms with Crippen molar-refractivity contribution < 1.29 is 8.42 Å². The van der Waals surface area contributed by atoms with E-state index in [0.717, 1.165) is 38.0 Å². The minimum atomic E-state index is -3.19. The fraction of sp³-hybridized carbons (Fsp3) is 0.722. The minimum Gasteiger partial charge on any atom is -0.356 e. The molecule has 1 aliphatic rings. The molecule has 0 fully saturated rings. The summed E-state index contributed by atoms with van der Waals surface area (Å²) in [5, 5.41) is 14.7. The van der Waals surface area contributed by atoms with Crippen LogP contribution in [-0.4, -0.2) is 61.6 Å². The quantitative estimate of drug-likeness (QED) is 0.215. The Hall–Kier alpha value is -1.94. The highest BCUT2D eigenvalue weighted by molar-refractivity contribution is 7.88. The van der Waals surface area contributed by atoms with Crippen LogP contribution in [0.25, 0.3) is 0 Å². The largest absolute Gasteiger partial charge is 0.356 e. The Morgan fingerprint density at radius 3 is 2.79 bits per heavy atom. The number of aryl methyl sites for hydroxylation is 1. The van der Waals surface area contributed by atoms with Crippen molar-refractivity contribution >= 4 is 16.0 Å². The van der Waals surface area contributed by atoms with Crippen LogP contribution in [-0.2, 0) is 23.0 Å². The van der Waals surface area contributed by atoms with Crippen molar-refractivity contribution in [3.63, 3.8) is 0 Å². The fourth-order valence-corrected chi connectivity index (χ4v) is 3.54. The number of rotatable bonds is 11. The number of hydrogen-bond acceptors (Lipinski definition) is 5. The van der Waals surface area contributed by atoms with E-state index in [4.69, 9.17) is 0 Å². The zero-order valence-corrected chi connectivity index (χ0v) is 17.8. The molecule has 0 radical (unpaired) electrons. The molecule has 2 rings (SSSR count). The van der Waals surface area contributed by atoms with Gasteiger partial charge in [-0.2, -0.15) is 0 Å². The molecule has 10 heteroatoms. The zero-order valence-electron chi connectivity index (χ0n) is 16.9. The van der Waals surface area contributed by atoms with Crippen molar-refractivity contribution in [2.45, 2.75) is 52.0 Å². The third kappa shape index (κ3) is 8.83. The molecule has 0 saturated carbocycles. The number of aliphatic imine (C=N–C) groups is 1. The lowest BCUT2D eigenvalue weighted by Gasteiger charge is -2.16. The predicted molar refractivity (Wildman–Crippen MR) is 112 cm³/mol. The Morgan fingerprint density at radius 2 is 2.07 bits per heavy atom. The molecule has 1 aliphatic carbocycles. The van der Waals surface area contributed by atoms with Gasteiger partial charge in [-0.25, -0.2) is 13.1 Å². The molecule has 158 valence electrons. The maximum Gasteiger partial charge on any atom is 0.208 e. The highest BCUT2D eigenvalue weighted by atomic mass is 32.2. The maximum absolute atomic E-state index is 11.2. The minimum absolute atomic E-state index is 0.280. The van der Waals surface area contributed by atoms with Crippen molar-refractivity contribution in [3.8, 4) is 0 Å². The van der Waals surface area contributed by atoms with E-state index in [9.17, 15) is 8.42 Å². The first-order valence-electron chi connectivity index (χ1n) is 9.99. The van der Waals surface area contributed by atoms with Gasteiger partial charge in [0.05, 0.1) is 12.8 Å². The van der Waals surface area contributed by atoms with Crippen LogP contribution in [0.15, 0.2) is 23.0 Å². The molecule has 1 heterocycles. The number of hydrogen-bond donors (Lipinski definition) is 3. The van der Waals surface area contributed by atoms with Crippen LogP contribution in [0.3, 0.4) is 0 Å². The van der Waals surface area contributed by atoms with E-state index < -0.39 is 10.0 Å². The van der Waals surface area contributed by atoms with Crippen LogP contribution in [0.4, 0.5) is 0 Å². The molecule has 0 bridgehead atoms. The number of aromatic nitrogens is 3. The Bertz CT molecular complexity index is 756. The molecule has 0 saturated heterocycles. The van der Waals surface area contributed by atoms with E-state index in [2.05, 4.69) is 43.5 Å². The number of allylic oxidation sites excluding steroid dienone is 1. The summed E-state index contributed by atoms with van der Waals surface area (Å²) in [6.45, 7) is 4.93. The SMILES string of the molecule is CCc1nncn1CCNC(=NCCNS(C)(=O)=O)NCCC1=CCCCC1. The van der Waals surface area contributed by atoms with Crippen LogP contribution in [0.5, 0.6) is 0 Å². The molecule has 0 atom stereocenters. The van der Waals surface area contributed by atoms with Gasteiger partial charge in [-0.05, 0) is 32.1 Å². The maximum atomic E-state index is 11.2. The van der Waals surface area contributed by atoms with Gasteiger partial charge in [-0.15, -0.1) is 10.2 Å². The second-order valence-corrected chi connectivity index (χ2v) is 8.74. The summed E-state index contributed by atoms with van der Waals surface area (Å²) in [5.41, 5.74) is 1.51. The smallest absolute Gasteiger partial charge is 0.208 e. The molecule has 1 aromatic heterocycles. The highest BCUT2D eigenvalue weighted by Gasteiger charge is 2.06. The Labute approximate surface area is 168 Å². The summed E-state index contributed by atoms with van der Waals surface area (Å²) in [6.07, 6.45) is 12.0. The van der Waals surface area contributed by atoms with Gasteiger partial charge in [0.1, 0.15) is 12.2 Å². The number of nitrogens with zero attached hydrogens (tertiary/aromatic N) is 4. The molecule has 9 nitrogen and oxygen atoms in total. The molecule has 0 unspecified atom stereocenters. The average molecular weight is 412 g/mol. The van der Waals surface area contributed by atoms with Gasteiger partial charge in [0.15, 0.2) is 5.96 Å². The summed E-state index contributed by atoms with van der Waals surface area (Å²) in [7, 11) is -3.19. The molecule has 0 aromatic carbocycles. The number of sulfonamides is 1. The first-order valence-corrected chi connectivity index (χ1v) is 11.9. The molecule has 3 N–H and O–H groups in total. The van der Waals surface area contributed by atoms with E-state index in [-0.39, 0.29) is 6.54 Å². The van der Waals surface area contributed by atoms with E-state index in [1.807, 2.05) is 4.57 Å². The van der Waals surface area contributed by atoms with Gasteiger partial charge in [-0.3, -0.25) is 4.99 Å². The zero-order chi connectivity index (χ0) is 20.2. The number of guanidine groups is 1. The second kappa shape index (κ2) is 11.8. The van der Waals surface area contributed by atoms with E-state index in [1.165, 1.54) is 31.3 Å². The van der Waals surface area contributed by atoms with Crippen LogP contribution in [0.2, 0.25) is 0 Å². The number of nitrogens with one attached hydrogen (secondary N) is 3. The Kier molecular flexibility index (Phi) is 9.42. The molecular weight excluding hydrogens is 378 g/mol. The lowest BCUT2D eigenvalue weighted by molar-refractivity contribution is 0.588. The van der Waals surface area contributed by atoms with E-state index in [0.29, 0.717) is 19.0 Å². The second-order valence-electron chi connectivity index (χ2n) is 6.90. The standard InChI is InChI=1S/C18H33N7O2S/c1-3-17-24-22-15-25(17)14-13-21-18(20-11-12-23-28(2,26)27)19-10-9-16-7-5-4-6-8-16/h7,15,23H,3-6,8-14H2,1-2H3,(H2,19,20,21). The van der Waals surface area contributed by atoms with Crippen LogP contribution in [0.1, 0.15) is 44.9 Å². The first kappa shape index (κ1) is 22.4. The van der Waals surface area contributed by atoms with Gasteiger partial charge in [0.25, 0.3) is 0 Å². The van der Waals surface area contributed by atoms with Gasteiger partial charge in [0, 0.05) is 32.6 Å². The lowest BCUT2D eigenvalue weighted by Crippen LogP contribution is -2.40. The monoisotopic (exact) mass is 411 g/mol. The molecule has 0 amide bonds. The summed E-state index contributed by atoms with van der Waals surface area (Å²) in [5.74, 6) is 1.65. The lowest BCUT2D eigenvalue weighted by atomic mass is 9.97. The highest BCUT2D eigenvalue weighted by Crippen LogP contribution is 2.19. The van der Waals surface area contributed by atoms with Gasteiger partial charge < -0.3 is 15.2 Å². The van der Waals surface area contributed by atoms with Gasteiger partial charge in [0.2, 0.25) is 10.0 Å². The van der Waals surface area contributed by atoms with E-state index >= 15 is 0 Å². The molecular formula is C18H33N7O2S. The van der Waals surface area contributed by atoms with Crippen molar-refractivity contribution in [1.29, 1.82) is 0 Å². The molecule has 28 heavy (non-hydrogen) atoms. The third-order valence-corrected chi connectivity index (χ3v) is 5.26. The van der Waals surface area contributed by atoms with Crippen molar-refractivity contribution in [2.75, 3.05) is 32.4 Å². The summed E-state index contributed by atoms with van der Waals surface area (Å²) >= 11 is 0. The van der Waals surface area contributed by atoms with Crippen molar-refractivity contribution in [1.82, 2.24) is 30.1 Å². The molecule has 1 aromatic rings. The van der Waals surface area contributed by atoms with Crippen molar-refractivity contribution in [3.05, 3.63) is 23.8 Å². The summed E-state index contributed by atoms with van der Waals surface area (Å²) < 4.78 is 26.8. The topological polar surface area (TPSA) is 113 Å².